The number of hydrogen-bond acceptors (Lipinski definition) is 2. The highest BCUT2D eigenvalue weighted by molar-refractivity contribution is 5.92. The molecule has 0 spiro atoms. The first-order valence-corrected chi connectivity index (χ1v) is 7.03. The monoisotopic (exact) mass is 246 g/mol. The van der Waals surface area contributed by atoms with Gasteiger partial charge in [-0.15, -0.1) is 0 Å². The van der Waals surface area contributed by atoms with Crippen LogP contribution in [-0.2, 0) is 6.42 Å². The fourth-order valence-corrected chi connectivity index (χ4v) is 2.64. The number of amides is 1. The smallest absolute Gasteiger partial charge is 0.272 e. The molecule has 3 nitrogen and oxygen atoms in total. The zero-order valence-corrected chi connectivity index (χ0v) is 11.4. The lowest BCUT2D eigenvalue weighted by Crippen LogP contribution is -2.43. The van der Waals surface area contributed by atoms with Crippen LogP contribution < -0.4 is 0 Å². The summed E-state index contributed by atoms with van der Waals surface area (Å²) in [6, 6.07) is 6.15. The van der Waals surface area contributed by atoms with Gasteiger partial charge in [0.05, 0.1) is 0 Å². The fourth-order valence-electron chi connectivity index (χ4n) is 2.64. The number of rotatable bonds is 3. The van der Waals surface area contributed by atoms with E-state index in [1.54, 1.807) is 0 Å². The Balaban J connectivity index is 2.18. The summed E-state index contributed by atoms with van der Waals surface area (Å²) in [5.74, 6) is 0.108. The molecule has 1 aliphatic heterocycles. The highest BCUT2D eigenvalue weighted by Gasteiger charge is 2.26. The summed E-state index contributed by atoms with van der Waals surface area (Å²) < 4.78 is 0. The fraction of sp³-hybridized carbons (Fsp3) is 0.600. The predicted molar refractivity (Wildman–Crippen MR) is 72.6 cm³/mol. The molecule has 1 amide bonds. The molecule has 1 aliphatic rings. The molecule has 18 heavy (non-hydrogen) atoms. The minimum absolute atomic E-state index is 0.108. The van der Waals surface area contributed by atoms with Crippen LogP contribution in [-0.4, -0.2) is 28.4 Å². The van der Waals surface area contributed by atoms with Crippen LogP contribution in [0.3, 0.4) is 0 Å². The van der Waals surface area contributed by atoms with Gasteiger partial charge in [-0.1, -0.05) is 19.9 Å². The molecule has 0 aromatic carbocycles. The molecular weight excluding hydrogens is 224 g/mol. The molecular formula is C15H22N2O. The summed E-state index contributed by atoms with van der Waals surface area (Å²) in [4.78, 5) is 19.0. The van der Waals surface area contributed by atoms with E-state index in [0.29, 0.717) is 11.7 Å². The summed E-state index contributed by atoms with van der Waals surface area (Å²) in [6.07, 6.45) is 5.41. The number of carbonyl (C=O) groups is 1. The van der Waals surface area contributed by atoms with Gasteiger partial charge in [-0.25, -0.2) is 4.98 Å². The number of pyridine rings is 1. The molecule has 2 heterocycles. The van der Waals surface area contributed by atoms with Crippen LogP contribution in [0, 0.1) is 0 Å². The van der Waals surface area contributed by atoms with E-state index in [1.165, 1.54) is 6.42 Å². The van der Waals surface area contributed by atoms with Crippen molar-refractivity contribution >= 4 is 5.91 Å². The van der Waals surface area contributed by atoms with E-state index in [1.807, 2.05) is 23.1 Å². The van der Waals surface area contributed by atoms with Gasteiger partial charge in [-0.05, 0) is 44.2 Å². The third kappa shape index (κ3) is 2.71. The minimum Gasteiger partial charge on any atom is -0.334 e. The topological polar surface area (TPSA) is 33.2 Å². The van der Waals surface area contributed by atoms with Crippen molar-refractivity contribution in [3.05, 3.63) is 29.6 Å². The molecule has 1 aromatic rings. The van der Waals surface area contributed by atoms with E-state index in [4.69, 9.17) is 0 Å². The van der Waals surface area contributed by atoms with Crippen LogP contribution in [0.15, 0.2) is 18.2 Å². The zero-order chi connectivity index (χ0) is 13.0. The molecule has 0 aliphatic carbocycles. The maximum atomic E-state index is 12.5. The molecule has 0 radical (unpaired) electrons. The summed E-state index contributed by atoms with van der Waals surface area (Å²) >= 11 is 0. The van der Waals surface area contributed by atoms with Gasteiger partial charge >= 0.3 is 0 Å². The quantitative estimate of drug-likeness (QED) is 0.821. The molecule has 1 fully saturated rings. The number of carbonyl (C=O) groups excluding carboxylic acids is 1. The second-order valence-corrected chi connectivity index (χ2v) is 4.92. The van der Waals surface area contributed by atoms with Crippen molar-refractivity contribution in [1.82, 2.24) is 9.88 Å². The van der Waals surface area contributed by atoms with Gasteiger partial charge in [0.15, 0.2) is 0 Å². The van der Waals surface area contributed by atoms with E-state index in [-0.39, 0.29) is 5.91 Å². The van der Waals surface area contributed by atoms with Crippen LogP contribution in [0.4, 0.5) is 0 Å². The molecule has 0 bridgehead atoms. The van der Waals surface area contributed by atoms with Crippen LogP contribution >= 0.6 is 0 Å². The standard InChI is InChI=1S/C15H22N2O/c1-3-12-8-7-10-14(16-12)15(18)17-11-6-5-9-13(17)4-2/h7-8,10,13H,3-6,9,11H2,1-2H3. The maximum absolute atomic E-state index is 12.5. The first-order valence-electron chi connectivity index (χ1n) is 7.03. The molecule has 1 unspecified atom stereocenters. The van der Waals surface area contributed by atoms with Gasteiger partial charge in [0.1, 0.15) is 5.69 Å². The summed E-state index contributed by atoms with van der Waals surface area (Å²) in [6.45, 7) is 5.11. The molecule has 0 N–H and O–H groups in total. The van der Waals surface area contributed by atoms with E-state index in [9.17, 15) is 4.79 Å². The van der Waals surface area contributed by atoms with Gasteiger partial charge in [0.25, 0.3) is 5.91 Å². The first-order chi connectivity index (χ1) is 8.76. The number of likely N-dealkylation sites (tertiary alicyclic amines) is 1. The van der Waals surface area contributed by atoms with Crippen molar-refractivity contribution in [3.8, 4) is 0 Å². The second-order valence-electron chi connectivity index (χ2n) is 4.92. The number of aromatic nitrogens is 1. The number of aryl methyl sites for hydroxylation is 1. The molecule has 0 saturated carbocycles. The van der Waals surface area contributed by atoms with Crippen molar-refractivity contribution < 1.29 is 4.79 Å². The molecule has 98 valence electrons. The average molecular weight is 246 g/mol. The van der Waals surface area contributed by atoms with E-state index >= 15 is 0 Å². The van der Waals surface area contributed by atoms with Crippen LogP contribution in [0.25, 0.3) is 0 Å². The lowest BCUT2D eigenvalue weighted by Gasteiger charge is -2.35. The maximum Gasteiger partial charge on any atom is 0.272 e. The summed E-state index contributed by atoms with van der Waals surface area (Å²) in [5.41, 5.74) is 1.60. The van der Waals surface area contributed by atoms with Gasteiger partial charge in [0, 0.05) is 18.3 Å². The van der Waals surface area contributed by atoms with Crippen LogP contribution in [0.5, 0.6) is 0 Å². The lowest BCUT2D eigenvalue weighted by atomic mass is 9.99. The van der Waals surface area contributed by atoms with Gasteiger partial charge in [-0.2, -0.15) is 0 Å². The Morgan fingerprint density at radius 3 is 2.94 bits per heavy atom. The van der Waals surface area contributed by atoms with Crippen LogP contribution in [0.1, 0.15) is 55.7 Å². The van der Waals surface area contributed by atoms with Gasteiger partial charge in [-0.3, -0.25) is 4.79 Å². The Labute approximate surface area is 109 Å². The molecule has 3 heteroatoms. The molecule has 2 rings (SSSR count). The number of piperidine rings is 1. The van der Waals surface area contributed by atoms with E-state index in [0.717, 1.165) is 37.9 Å². The highest BCUT2D eigenvalue weighted by Crippen LogP contribution is 2.21. The Hall–Kier alpha value is -1.38. The number of hydrogen-bond donors (Lipinski definition) is 0. The third-order valence-corrected chi connectivity index (χ3v) is 3.75. The van der Waals surface area contributed by atoms with Crippen molar-refractivity contribution in [3.63, 3.8) is 0 Å². The minimum atomic E-state index is 0.108. The highest BCUT2D eigenvalue weighted by atomic mass is 16.2. The van der Waals surface area contributed by atoms with E-state index in [2.05, 4.69) is 18.8 Å². The Morgan fingerprint density at radius 2 is 2.22 bits per heavy atom. The van der Waals surface area contributed by atoms with Gasteiger partial charge < -0.3 is 4.90 Å². The SMILES string of the molecule is CCc1cccc(C(=O)N2CCCCC2CC)n1. The Morgan fingerprint density at radius 1 is 1.39 bits per heavy atom. The Bertz CT molecular complexity index is 417. The molecule has 1 atom stereocenters. The lowest BCUT2D eigenvalue weighted by molar-refractivity contribution is 0.0601. The van der Waals surface area contributed by atoms with E-state index < -0.39 is 0 Å². The average Bonchev–Trinajstić information content (AvgIpc) is 2.46. The summed E-state index contributed by atoms with van der Waals surface area (Å²) in [5, 5.41) is 0. The van der Waals surface area contributed by atoms with Crippen molar-refractivity contribution in [2.75, 3.05) is 6.54 Å². The third-order valence-electron chi connectivity index (χ3n) is 3.75. The second kappa shape index (κ2) is 5.98. The van der Waals surface area contributed by atoms with Crippen molar-refractivity contribution in [2.24, 2.45) is 0 Å². The zero-order valence-electron chi connectivity index (χ0n) is 11.4. The Kier molecular flexibility index (Phi) is 4.34. The number of nitrogens with zero attached hydrogens (tertiary/aromatic N) is 2. The molecule has 1 aromatic heterocycles. The largest absolute Gasteiger partial charge is 0.334 e. The summed E-state index contributed by atoms with van der Waals surface area (Å²) in [7, 11) is 0. The first kappa shape index (κ1) is 13.1. The van der Waals surface area contributed by atoms with Gasteiger partial charge in [0.2, 0.25) is 0 Å². The van der Waals surface area contributed by atoms with Crippen molar-refractivity contribution in [1.29, 1.82) is 0 Å². The normalized spacial score (nSPS) is 19.9. The van der Waals surface area contributed by atoms with Crippen molar-refractivity contribution in [2.45, 2.75) is 52.0 Å². The molecule has 1 saturated heterocycles. The predicted octanol–water partition coefficient (Wildman–Crippen LogP) is 3.05. The van der Waals surface area contributed by atoms with Crippen LogP contribution in [0.2, 0.25) is 0 Å².